The van der Waals surface area contributed by atoms with Gasteiger partial charge in [0.05, 0.1) is 0 Å². The summed E-state index contributed by atoms with van der Waals surface area (Å²) < 4.78 is 0. The number of nitrogens with one attached hydrogen (secondary N) is 2. The highest BCUT2D eigenvalue weighted by Crippen LogP contribution is 2.34. The molecule has 2 atom stereocenters. The van der Waals surface area contributed by atoms with Gasteiger partial charge in [-0.25, -0.2) is 0 Å². The lowest BCUT2D eigenvalue weighted by Crippen LogP contribution is -2.26. The zero-order valence-corrected chi connectivity index (χ0v) is 11.4. The van der Waals surface area contributed by atoms with Crippen molar-refractivity contribution < 1.29 is 4.79 Å². The van der Waals surface area contributed by atoms with Gasteiger partial charge in [-0.05, 0) is 49.4 Å². The van der Waals surface area contributed by atoms with Crippen molar-refractivity contribution in [2.75, 3.05) is 12.4 Å². The second-order valence-electron chi connectivity index (χ2n) is 5.14. The van der Waals surface area contributed by atoms with Crippen LogP contribution in [0.25, 0.3) is 0 Å². The highest BCUT2D eigenvalue weighted by atomic mass is 16.1. The fourth-order valence-corrected chi connectivity index (χ4v) is 2.45. The van der Waals surface area contributed by atoms with Gasteiger partial charge in [0.1, 0.15) is 0 Å². The molecule has 2 N–H and O–H groups in total. The molecule has 2 unspecified atom stereocenters. The molecule has 1 saturated carbocycles. The van der Waals surface area contributed by atoms with Crippen molar-refractivity contribution in [1.29, 1.82) is 0 Å². The van der Waals surface area contributed by atoms with Crippen molar-refractivity contribution in [3.8, 4) is 0 Å². The molecule has 0 bridgehead atoms. The third-order valence-corrected chi connectivity index (χ3v) is 3.66. The minimum Gasteiger partial charge on any atom is -0.388 e. The molecule has 18 heavy (non-hydrogen) atoms. The van der Waals surface area contributed by atoms with Crippen LogP contribution in [-0.2, 0) is 0 Å². The number of aryl methyl sites for hydroxylation is 1. The number of benzene rings is 1. The molecule has 1 fully saturated rings. The quantitative estimate of drug-likeness (QED) is 0.838. The van der Waals surface area contributed by atoms with Crippen molar-refractivity contribution in [2.24, 2.45) is 5.92 Å². The average Bonchev–Trinajstić information content (AvgIpc) is 3.07. The van der Waals surface area contributed by atoms with Crippen molar-refractivity contribution in [1.82, 2.24) is 5.32 Å². The standard InChI is InChI=1S/C15H22N2O/c1-4-5-11-9-14(11)17-15(18)12-6-7-13(16-3)10(2)8-12/h6-8,11,14,16H,4-5,9H2,1-3H3,(H,17,18). The lowest BCUT2D eigenvalue weighted by Gasteiger charge is -2.08. The minimum atomic E-state index is 0.0596. The van der Waals surface area contributed by atoms with E-state index < -0.39 is 0 Å². The summed E-state index contributed by atoms with van der Waals surface area (Å²) in [5.74, 6) is 0.765. The smallest absolute Gasteiger partial charge is 0.251 e. The first-order valence-corrected chi connectivity index (χ1v) is 6.75. The molecule has 3 nitrogen and oxygen atoms in total. The monoisotopic (exact) mass is 246 g/mol. The van der Waals surface area contributed by atoms with Crippen LogP contribution in [0, 0.1) is 12.8 Å². The summed E-state index contributed by atoms with van der Waals surface area (Å²) in [6, 6.07) is 6.19. The Morgan fingerprint density at radius 2 is 2.22 bits per heavy atom. The summed E-state index contributed by atoms with van der Waals surface area (Å²) in [5.41, 5.74) is 2.93. The summed E-state index contributed by atoms with van der Waals surface area (Å²) in [6.07, 6.45) is 3.57. The lowest BCUT2D eigenvalue weighted by molar-refractivity contribution is 0.0949. The number of hydrogen-bond donors (Lipinski definition) is 2. The van der Waals surface area contributed by atoms with Gasteiger partial charge in [0.2, 0.25) is 0 Å². The third kappa shape index (κ3) is 2.84. The van der Waals surface area contributed by atoms with Crippen molar-refractivity contribution in [3.05, 3.63) is 29.3 Å². The maximum Gasteiger partial charge on any atom is 0.251 e. The van der Waals surface area contributed by atoms with Crippen LogP contribution in [0.5, 0.6) is 0 Å². The van der Waals surface area contributed by atoms with Crippen LogP contribution in [0.4, 0.5) is 5.69 Å². The molecule has 0 aromatic heterocycles. The van der Waals surface area contributed by atoms with E-state index in [9.17, 15) is 4.79 Å². The van der Waals surface area contributed by atoms with Crippen LogP contribution in [0.15, 0.2) is 18.2 Å². The van der Waals surface area contributed by atoms with Gasteiger partial charge in [-0.3, -0.25) is 4.79 Å². The van der Waals surface area contributed by atoms with E-state index in [2.05, 4.69) is 17.6 Å². The molecule has 1 amide bonds. The summed E-state index contributed by atoms with van der Waals surface area (Å²) >= 11 is 0. The van der Waals surface area contributed by atoms with Gasteiger partial charge in [-0.1, -0.05) is 13.3 Å². The maximum atomic E-state index is 12.1. The Morgan fingerprint density at radius 1 is 1.44 bits per heavy atom. The van der Waals surface area contributed by atoms with Crippen molar-refractivity contribution >= 4 is 11.6 Å². The molecule has 1 aliphatic carbocycles. The first-order valence-electron chi connectivity index (χ1n) is 6.75. The molecule has 1 aromatic rings. The zero-order chi connectivity index (χ0) is 13.1. The molecular formula is C15H22N2O. The van der Waals surface area contributed by atoms with E-state index in [1.807, 2.05) is 32.2 Å². The predicted molar refractivity (Wildman–Crippen MR) is 75.0 cm³/mol. The number of amides is 1. The van der Waals surface area contributed by atoms with Gasteiger partial charge in [0.25, 0.3) is 5.91 Å². The third-order valence-electron chi connectivity index (χ3n) is 3.66. The second-order valence-corrected chi connectivity index (χ2v) is 5.14. The Morgan fingerprint density at radius 3 is 2.83 bits per heavy atom. The molecule has 0 heterocycles. The van der Waals surface area contributed by atoms with Gasteiger partial charge < -0.3 is 10.6 Å². The molecule has 3 heteroatoms. The SMILES string of the molecule is CCCC1CC1NC(=O)c1ccc(NC)c(C)c1. The van der Waals surface area contributed by atoms with E-state index in [-0.39, 0.29) is 5.91 Å². The molecule has 1 aromatic carbocycles. The first kappa shape index (κ1) is 12.9. The van der Waals surface area contributed by atoms with Crippen LogP contribution in [0.1, 0.15) is 42.1 Å². The summed E-state index contributed by atoms with van der Waals surface area (Å²) in [5, 5.41) is 6.22. The molecule has 0 aliphatic heterocycles. The van der Waals surface area contributed by atoms with E-state index in [0.717, 1.165) is 23.2 Å². The van der Waals surface area contributed by atoms with E-state index in [0.29, 0.717) is 12.0 Å². The largest absolute Gasteiger partial charge is 0.388 e. The summed E-state index contributed by atoms with van der Waals surface area (Å²) in [7, 11) is 1.89. The first-order chi connectivity index (χ1) is 8.65. The van der Waals surface area contributed by atoms with Crippen LogP contribution < -0.4 is 10.6 Å². The number of carbonyl (C=O) groups is 1. The molecule has 1 aliphatic rings. The number of hydrogen-bond acceptors (Lipinski definition) is 2. The number of carbonyl (C=O) groups excluding carboxylic acids is 1. The molecular weight excluding hydrogens is 224 g/mol. The lowest BCUT2D eigenvalue weighted by atomic mass is 10.1. The topological polar surface area (TPSA) is 41.1 Å². The maximum absolute atomic E-state index is 12.1. The van der Waals surface area contributed by atoms with Gasteiger partial charge in [0, 0.05) is 24.3 Å². The summed E-state index contributed by atoms with van der Waals surface area (Å²) in [4.78, 5) is 12.1. The number of rotatable bonds is 5. The fraction of sp³-hybridized carbons (Fsp3) is 0.533. The Hall–Kier alpha value is -1.51. The van der Waals surface area contributed by atoms with Crippen LogP contribution >= 0.6 is 0 Å². The normalized spacial score (nSPS) is 21.5. The predicted octanol–water partition coefficient (Wildman–Crippen LogP) is 2.96. The van der Waals surface area contributed by atoms with Gasteiger partial charge in [0.15, 0.2) is 0 Å². The van der Waals surface area contributed by atoms with E-state index in [1.165, 1.54) is 12.8 Å². The number of anilines is 1. The molecule has 0 spiro atoms. The Balaban J connectivity index is 1.95. The Bertz CT molecular complexity index is 442. The van der Waals surface area contributed by atoms with E-state index in [1.54, 1.807) is 0 Å². The fourth-order valence-electron chi connectivity index (χ4n) is 2.45. The van der Waals surface area contributed by atoms with E-state index in [4.69, 9.17) is 0 Å². The zero-order valence-electron chi connectivity index (χ0n) is 11.4. The van der Waals surface area contributed by atoms with Crippen molar-refractivity contribution in [3.63, 3.8) is 0 Å². The average molecular weight is 246 g/mol. The molecule has 98 valence electrons. The van der Waals surface area contributed by atoms with Crippen LogP contribution in [0.3, 0.4) is 0 Å². The van der Waals surface area contributed by atoms with Crippen molar-refractivity contribution in [2.45, 2.75) is 39.2 Å². The highest BCUT2D eigenvalue weighted by Gasteiger charge is 2.37. The van der Waals surface area contributed by atoms with Gasteiger partial charge >= 0.3 is 0 Å². The molecule has 0 radical (unpaired) electrons. The highest BCUT2D eigenvalue weighted by molar-refractivity contribution is 5.95. The van der Waals surface area contributed by atoms with Crippen LogP contribution in [-0.4, -0.2) is 19.0 Å². The molecule has 0 saturated heterocycles. The molecule has 2 rings (SSSR count). The Kier molecular flexibility index (Phi) is 3.90. The Labute approximate surface area is 109 Å². The van der Waals surface area contributed by atoms with Crippen LogP contribution in [0.2, 0.25) is 0 Å². The minimum absolute atomic E-state index is 0.0596. The van der Waals surface area contributed by atoms with Gasteiger partial charge in [-0.15, -0.1) is 0 Å². The second kappa shape index (κ2) is 5.42. The van der Waals surface area contributed by atoms with E-state index >= 15 is 0 Å². The summed E-state index contributed by atoms with van der Waals surface area (Å²) in [6.45, 7) is 4.21. The van der Waals surface area contributed by atoms with Gasteiger partial charge in [-0.2, -0.15) is 0 Å².